The van der Waals surface area contributed by atoms with E-state index in [9.17, 15) is 14.0 Å². The molecule has 3 aromatic carbocycles. The Bertz CT molecular complexity index is 1380. The fourth-order valence-corrected chi connectivity index (χ4v) is 4.88. The maximum absolute atomic E-state index is 13.8. The number of hydrogen-bond acceptors (Lipinski definition) is 3. The fraction of sp³-hybridized carbons (Fsp3) is 0.250. The Morgan fingerprint density at radius 1 is 1.06 bits per heavy atom. The number of anilines is 2. The van der Waals surface area contributed by atoms with Crippen LogP contribution in [0.15, 0.2) is 78.9 Å². The highest BCUT2D eigenvalue weighted by atomic mass is 19.1. The number of aromatic nitrogens is 2. The van der Waals surface area contributed by atoms with Gasteiger partial charge in [0.25, 0.3) is 0 Å². The zero-order valence-corrected chi connectivity index (χ0v) is 19.8. The van der Waals surface area contributed by atoms with Crippen LogP contribution >= 0.6 is 0 Å². The Morgan fingerprint density at radius 3 is 2.54 bits per heavy atom. The van der Waals surface area contributed by atoms with E-state index in [1.54, 1.807) is 21.9 Å². The summed E-state index contributed by atoms with van der Waals surface area (Å²) in [6.45, 7) is 4.47. The first-order valence-electron chi connectivity index (χ1n) is 11.8. The first-order valence-corrected chi connectivity index (χ1v) is 11.8. The van der Waals surface area contributed by atoms with Crippen LogP contribution in [0.25, 0.3) is 11.0 Å². The molecule has 0 bridgehead atoms. The number of halogens is 1. The van der Waals surface area contributed by atoms with Gasteiger partial charge in [-0.1, -0.05) is 36.4 Å². The van der Waals surface area contributed by atoms with Gasteiger partial charge in [-0.2, -0.15) is 0 Å². The Kier molecular flexibility index (Phi) is 6.07. The van der Waals surface area contributed by atoms with Gasteiger partial charge >= 0.3 is 0 Å². The Labute approximate surface area is 203 Å². The molecular formula is C28H27FN4O2. The Hall–Kier alpha value is -4.00. The Balaban J connectivity index is 1.50. The van der Waals surface area contributed by atoms with Crippen LogP contribution in [0.1, 0.15) is 32.0 Å². The van der Waals surface area contributed by atoms with Crippen LogP contribution in [0.3, 0.4) is 0 Å². The number of benzene rings is 3. The van der Waals surface area contributed by atoms with Crippen LogP contribution in [-0.2, 0) is 16.1 Å². The average Bonchev–Trinajstić information content (AvgIpc) is 3.40. The van der Waals surface area contributed by atoms with E-state index in [0.29, 0.717) is 18.1 Å². The lowest BCUT2D eigenvalue weighted by atomic mass is 10.1. The lowest BCUT2D eigenvalue weighted by molar-refractivity contribution is -0.119. The second kappa shape index (κ2) is 9.33. The fourth-order valence-electron chi connectivity index (χ4n) is 4.88. The minimum Gasteiger partial charge on any atom is -0.318 e. The number of para-hydroxylation sites is 3. The predicted molar refractivity (Wildman–Crippen MR) is 135 cm³/mol. The van der Waals surface area contributed by atoms with Crippen molar-refractivity contribution in [1.29, 1.82) is 0 Å². The molecule has 1 aliphatic heterocycles. The quantitative estimate of drug-likeness (QED) is 0.392. The third kappa shape index (κ3) is 4.41. The summed E-state index contributed by atoms with van der Waals surface area (Å²) in [7, 11) is 0. The molecule has 35 heavy (non-hydrogen) atoms. The normalized spacial score (nSPS) is 15.8. The van der Waals surface area contributed by atoms with Crippen molar-refractivity contribution in [3.8, 4) is 0 Å². The molecule has 1 saturated heterocycles. The highest BCUT2D eigenvalue weighted by Crippen LogP contribution is 2.33. The second-order valence-corrected chi connectivity index (χ2v) is 9.12. The minimum atomic E-state index is -0.383. The van der Waals surface area contributed by atoms with Gasteiger partial charge in [-0.3, -0.25) is 9.59 Å². The molecule has 1 unspecified atom stereocenters. The zero-order chi connectivity index (χ0) is 24.5. The van der Waals surface area contributed by atoms with Gasteiger partial charge in [-0.05, 0) is 56.3 Å². The van der Waals surface area contributed by atoms with Gasteiger partial charge in [0.05, 0.1) is 11.0 Å². The SMILES string of the molecule is CC(C)N(C(=O)Cn1c(C2CC(=O)N(c3cccc(F)c3)C2)nc2ccccc21)c1ccccc1. The summed E-state index contributed by atoms with van der Waals surface area (Å²) in [5.74, 6) is -0.0365. The summed E-state index contributed by atoms with van der Waals surface area (Å²) < 4.78 is 15.7. The maximum Gasteiger partial charge on any atom is 0.247 e. The molecule has 0 radical (unpaired) electrons. The van der Waals surface area contributed by atoms with Crippen molar-refractivity contribution in [2.24, 2.45) is 0 Å². The molecule has 6 nitrogen and oxygen atoms in total. The summed E-state index contributed by atoms with van der Waals surface area (Å²) in [6.07, 6.45) is 0.251. The number of hydrogen-bond donors (Lipinski definition) is 0. The summed E-state index contributed by atoms with van der Waals surface area (Å²) in [4.78, 5) is 34.7. The van der Waals surface area contributed by atoms with E-state index in [0.717, 1.165) is 16.7 Å². The van der Waals surface area contributed by atoms with Gasteiger partial charge in [-0.15, -0.1) is 0 Å². The first-order chi connectivity index (χ1) is 16.9. The molecule has 1 fully saturated rings. The number of carbonyl (C=O) groups excluding carboxylic acids is 2. The number of rotatable bonds is 6. The van der Waals surface area contributed by atoms with Crippen molar-refractivity contribution in [2.45, 2.75) is 38.8 Å². The van der Waals surface area contributed by atoms with E-state index in [1.807, 2.05) is 73.0 Å². The molecule has 4 aromatic rings. The number of amides is 2. The summed E-state index contributed by atoms with van der Waals surface area (Å²) in [5.41, 5.74) is 3.00. The molecule has 1 aromatic heterocycles. The van der Waals surface area contributed by atoms with Crippen molar-refractivity contribution in [3.63, 3.8) is 0 Å². The average molecular weight is 471 g/mol. The third-order valence-corrected chi connectivity index (χ3v) is 6.41. The van der Waals surface area contributed by atoms with Crippen LogP contribution in [0.2, 0.25) is 0 Å². The molecule has 0 spiro atoms. The van der Waals surface area contributed by atoms with E-state index in [4.69, 9.17) is 4.98 Å². The number of fused-ring (bicyclic) bond motifs is 1. The van der Waals surface area contributed by atoms with Crippen LogP contribution in [0.5, 0.6) is 0 Å². The van der Waals surface area contributed by atoms with Crippen LogP contribution in [0, 0.1) is 5.82 Å². The third-order valence-electron chi connectivity index (χ3n) is 6.41. The van der Waals surface area contributed by atoms with Gasteiger partial charge in [0.2, 0.25) is 11.8 Å². The van der Waals surface area contributed by atoms with Crippen LogP contribution in [-0.4, -0.2) is 34.0 Å². The summed E-state index contributed by atoms with van der Waals surface area (Å²) in [6, 6.07) is 23.3. The van der Waals surface area contributed by atoms with Gasteiger partial charge in [0.15, 0.2) is 0 Å². The van der Waals surface area contributed by atoms with Gasteiger partial charge in [0, 0.05) is 36.3 Å². The Morgan fingerprint density at radius 2 is 1.80 bits per heavy atom. The first kappa shape index (κ1) is 22.8. The standard InChI is InChI=1S/C28H27FN4O2/c1-19(2)33(22-10-4-3-5-11-22)27(35)18-32-25-14-7-6-13-24(25)30-28(32)20-15-26(34)31(17-20)23-12-8-9-21(29)16-23/h3-14,16,19-20H,15,17-18H2,1-2H3. The van der Waals surface area contributed by atoms with Crippen molar-refractivity contribution in [1.82, 2.24) is 9.55 Å². The van der Waals surface area contributed by atoms with Crippen LogP contribution < -0.4 is 9.80 Å². The van der Waals surface area contributed by atoms with E-state index in [-0.39, 0.29) is 42.6 Å². The monoisotopic (exact) mass is 470 g/mol. The molecule has 1 aliphatic rings. The molecule has 2 heterocycles. The van der Waals surface area contributed by atoms with Crippen molar-refractivity contribution < 1.29 is 14.0 Å². The smallest absolute Gasteiger partial charge is 0.247 e. The van der Waals surface area contributed by atoms with Gasteiger partial charge in [-0.25, -0.2) is 9.37 Å². The minimum absolute atomic E-state index is 0.0281. The lowest BCUT2D eigenvalue weighted by Crippen LogP contribution is -2.39. The molecule has 1 atom stereocenters. The second-order valence-electron chi connectivity index (χ2n) is 9.12. The molecule has 0 N–H and O–H groups in total. The molecule has 0 saturated carbocycles. The van der Waals surface area contributed by atoms with Crippen molar-refractivity contribution >= 4 is 34.2 Å². The topological polar surface area (TPSA) is 58.4 Å². The van der Waals surface area contributed by atoms with E-state index >= 15 is 0 Å². The molecule has 2 amide bonds. The maximum atomic E-state index is 13.8. The zero-order valence-electron chi connectivity index (χ0n) is 19.8. The van der Waals surface area contributed by atoms with Gasteiger partial charge in [0.1, 0.15) is 18.2 Å². The van der Waals surface area contributed by atoms with E-state index < -0.39 is 0 Å². The summed E-state index contributed by atoms with van der Waals surface area (Å²) >= 11 is 0. The summed E-state index contributed by atoms with van der Waals surface area (Å²) in [5, 5.41) is 0. The van der Waals surface area contributed by atoms with E-state index in [2.05, 4.69) is 0 Å². The number of nitrogens with zero attached hydrogens (tertiary/aromatic N) is 4. The van der Waals surface area contributed by atoms with Gasteiger partial charge < -0.3 is 14.4 Å². The molecule has 178 valence electrons. The molecule has 0 aliphatic carbocycles. The molecular weight excluding hydrogens is 443 g/mol. The number of carbonyl (C=O) groups is 2. The van der Waals surface area contributed by atoms with E-state index in [1.165, 1.54) is 12.1 Å². The lowest BCUT2D eigenvalue weighted by Gasteiger charge is -2.27. The predicted octanol–water partition coefficient (Wildman–Crippen LogP) is 5.14. The van der Waals surface area contributed by atoms with Crippen molar-refractivity contribution in [3.05, 3.63) is 90.5 Å². The molecule has 5 rings (SSSR count). The highest BCUT2D eigenvalue weighted by molar-refractivity contribution is 5.97. The van der Waals surface area contributed by atoms with Crippen LogP contribution in [0.4, 0.5) is 15.8 Å². The largest absolute Gasteiger partial charge is 0.318 e. The van der Waals surface area contributed by atoms with Crippen molar-refractivity contribution in [2.75, 3.05) is 16.3 Å². The molecule has 7 heteroatoms. The highest BCUT2D eigenvalue weighted by Gasteiger charge is 2.35. The number of imidazole rings is 1.